The average molecular weight is 191 g/mol. The van der Waals surface area contributed by atoms with Gasteiger partial charge in [-0.05, 0) is 12.1 Å². The first kappa shape index (κ1) is 9.76. The van der Waals surface area contributed by atoms with Gasteiger partial charge in [0.2, 0.25) is 0 Å². The predicted octanol–water partition coefficient (Wildman–Crippen LogP) is 0.263. The molecule has 0 fully saturated rings. The lowest BCUT2D eigenvalue weighted by atomic mass is 10.1. The van der Waals surface area contributed by atoms with Crippen molar-refractivity contribution in [2.24, 2.45) is 0 Å². The standard InChI is InChI=1S/C8H5N3O3/c9-11-4-6(12)7-5(8(13)14)2-1-3-10-7/h1-4H,(H,13,14). The quantitative estimate of drug-likeness (QED) is 0.320. The Hall–Kier alpha value is -2.33. The summed E-state index contributed by atoms with van der Waals surface area (Å²) in [6, 6.07) is 2.64. The summed E-state index contributed by atoms with van der Waals surface area (Å²) in [6.07, 6.45) is 1.87. The molecule has 0 aliphatic rings. The number of rotatable bonds is 3. The van der Waals surface area contributed by atoms with Gasteiger partial charge in [0.05, 0.1) is 5.56 Å². The number of carbonyl (C=O) groups excluding carboxylic acids is 1. The SMILES string of the molecule is [N-]=[N+]=CC(=O)c1ncccc1C(=O)O. The molecule has 0 aliphatic heterocycles. The largest absolute Gasteiger partial charge is 0.478 e. The zero-order valence-electron chi connectivity index (χ0n) is 6.91. The molecule has 1 N–H and O–H groups in total. The molecule has 0 aliphatic carbocycles. The fourth-order valence-corrected chi connectivity index (χ4v) is 0.888. The number of aromatic carboxylic acids is 1. The molecule has 0 saturated heterocycles. The Morgan fingerprint density at radius 2 is 2.29 bits per heavy atom. The van der Waals surface area contributed by atoms with Gasteiger partial charge in [0, 0.05) is 6.20 Å². The van der Waals surface area contributed by atoms with Gasteiger partial charge >= 0.3 is 12.2 Å². The molecule has 0 atom stereocenters. The van der Waals surface area contributed by atoms with Crippen molar-refractivity contribution in [2.45, 2.75) is 0 Å². The number of Topliss-reactive ketones (excluding diaryl/α,β-unsaturated/α-hetero) is 1. The first-order valence-electron chi connectivity index (χ1n) is 3.57. The van der Waals surface area contributed by atoms with Gasteiger partial charge in [0.15, 0.2) is 0 Å². The highest BCUT2D eigenvalue weighted by Crippen LogP contribution is 2.04. The van der Waals surface area contributed by atoms with Gasteiger partial charge < -0.3 is 10.6 Å². The third-order valence-corrected chi connectivity index (χ3v) is 1.45. The molecular weight excluding hydrogens is 186 g/mol. The van der Waals surface area contributed by atoms with Gasteiger partial charge in [-0.2, -0.15) is 4.79 Å². The van der Waals surface area contributed by atoms with E-state index in [9.17, 15) is 9.59 Å². The number of hydrogen-bond acceptors (Lipinski definition) is 3. The predicted molar refractivity (Wildman–Crippen MR) is 45.2 cm³/mol. The summed E-state index contributed by atoms with van der Waals surface area (Å²) < 4.78 is 0. The number of carboxylic acids is 1. The van der Waals surface area contributed by atoms with E-state index in [2.05, 4.69) is 9.77 Å². The van der Waals surface area contributed by atoms with Crippen LogP contribution in [0.3, 0.4) is 0 Å². The number of ketones is 1. The lowest BCUT2D eigenvalue weighted by molar-refractivity contribution is 0.00229. The fraction of sp³-hybridized carbons (Fsp3) is 0. The Morgan fingerprint density at radius 1 is 1.57 bits per heavy atom. The average Bonchev–Trinajstić information content (AvgIpc) is 2.18. The van der Waals surface area contributed by atoms with Crippen molar-refractivity contribution in [3.63, 3.8) is 0 Å². The monoisotopic (exact) mass is 191 g/mol. The van der Waals surface area contributed by atoms with Gasteiger partial charge in [-0.3, -0.25) is 9.78 Å². The molecule has 6 heteroatoms. The lowest BCUT2D eigenvalue weighted by Crippen LogP contribution is -2.11. The summed E-state index contributed by atoms with van der Waals surface area (Å²) in [4.78, 5) is 27.9. The normalized spacial score (nSPS) is 8.86. The van der Waals surface area contributed by atoms with E-state index in [0.29, 0.717) is 6.21 Å². The smallest absolute Gasteiger partial charge is 0.338 e. The third kappa shape index (κ3) is 1.88. The number of nitrogens with zero attached hydrogens (tertiary/aromatic N) is 3. The van der Waals surface area contributed by atoms with Crippen molar-refractivity contribution in [1.82, 2.24) is 4.98 Å². The van der Waals surface area contributed by atoms with E-state index in [1.165, 1.54) is 18.3 Å². The van der Waals surface area contributed by atoms with Crippen molar-refractivity contribution in [3.8, 4) is 0 Å². The van der Waals surface area contributed by atoms with Gasteiger partial charge in [-0.15, -0.1) is 0 Å². The first-order chi connectivity index (χ1) is 6.66. The molecule has 1 heterocycles. The first-order valence-corrected chi connectivity index (χ1v) is 3.57. The Labute approximate surface area is 78.4 Å². The highest BCUT2D eigenvalue weighted by Gasteiger charge is 2.18. The molecule has 0 saturated carbocycles. The van der Waals surface area contributed by atoms with Crippen LogP contribution >= 0.6 is 0 Å². The van der Waals surface area contributed by atoms with Gasteiger partial charge in [0.25, 0.3) is 5.78 Å². The second-order valence-corrected chi connectivity index (χ2v) is 2.31. The third-order valence-electron chi connectivity index (χ3n) is 1.45. The molecule has 0 radical (unpaired) electrons. The van der Waals surface area contributed by atoms with E-state index in [1.54, 1.807) is 0 Å². The second kappa shape index (κ2) is 4.06. The molecule has 14 heavy (non-hydrogen) atoms. The minimum Gasteiger partial charge on any atom is -0.478 e. The van der Waals surface area contributed by atoms with Crippen LogP contribution in [0.25, 0.3) is 5.53 Å². The topological polar surface area (TPSA) is 104 Å². The minimum atomic E-state index is -1.26. The molecule has 0 amide bonds. The number of carbonyl (C=O) groups is 2. The van der Waals surface area contributed by atoms with E-state index >= 15 is 0 Å². The highest BCUT2D eigenvalue weighted by atomic mass is 16.4. The molecule has 6 nitrogen and oxygen atoms in total. The van der Waals surface area contributed by atoms with E-state index < -0.39 is 11.8 Å². The number of aromatic nitrogens is 1. The van der Waals surface area contributed by atoms with Crippen LogP contribution < -0.4 is 0 Å². The van der Waals surface area contributed by atoms with Crippen LogP contribution in [0.15, 0.2) is 18.3 Å². The zero-order chi connectivity index (χ0) is 10.6. The van der Waals surface area contributed by atoms with Gasteiger partial charge in [-0.25, -0.2) is 4.79 Å². The summed E-state index contributed by atoms with van der Waals surface area (Å²) in [6.45, 7) is 0. The molecule has 0 unspecified atom stereocenters. The summed E-state index contributed by atoms with van der Waals surface area (Å²) >= 11 is 0. The molecular formula is C8H5N3O3. The molecule has 0 aromatic carbocycles. The molecule has 1 aromatic rings. The zero-order valence-corrected chi connectivity index (χ0v) is 6.91. The van der Waals surface area contributed by atoms with Crippen LogP contribution in [-0.2, 0) is 0 Å². The van der Waals surface area contributed by atoms with Crippen molar-refractivity contribution in [1.29, 1.82) is 0 Å². The van der Waals surface area contributed by atoms with E-state index in [-0.39, 0.29) is 11.3 Å². The van der Waals surface area contributed by atoms with E-state index in [0.717, 1.165) is 0 Å². The second-order valence-electron chi connectivity index (χ2n) is 2.31. The van der Waals surface area contributed by atoms with Crippen molar-refractivity contribution < 1.29 is 19.5 Å². The maximum Gasteiger partial charge on any atom is 0.338 e. The van der Waals surface area contributed by atoms with Crippen molar-refractivity contribution in [3.05, 3.63) is 35.1 Å². The van der Waals surface area contributed by atoms with Gasteiger partial charge in [-0.1, -0.05) is 0 Å². The van der Waals surface area contributed by atoms with Crippen molar-refractivity contribution >= 4 is 18.0 Å². The molecule has 1 aromatic heterocycles. The van der Waals surface area contributed by atoms with E-state index in [4.69, 9.17) is 10.6 Å². The molecule has 1 rings (SSSR count). The summed E-state index contributed by atoms with van der Waals surface area (Å²) in [7, 11) is 0. The maximum absolute atomic E-state index is 11.1. The molecule has 0 bridgehead atoms. The number of pyridine rings is 1. The highest BCUT2D eigenvalue weighted by molar-refractivity contribution is 6.34. The van der Waals surface area contributed by atoms with Crippen LogP contribution in [0.1, 0.15) is 20.8 Å². The van der Waals surface area contributed by atoms with Gasteiger partial charge in [0.1, 0.15) is 5.69 Å². The Balaban J connectivity index is 3.26. The van der Waals surface area contributed by atoms with Crippen LogP contribution in [0.4, 0.5) is 0 Å². The van der Waals surface area contributed by atoms with Crippen LogP contribution in [-0.4, -0.2) is 32.8 Å². The maximum atomic E-state index is 11.1. The van der Waals surface area contributed by atoms with E-state index in [1.807, 2.05) is 0 Å². The Morgan fingerprint density at radius 3 is 2.86 bits per heavy atom. The summed E-state index contributed by atoms with van der Waals surface area (Å²) in [5.41, 5.74) is 7.62. The Bertz CT molecular complexity index is 435. The fourth-order valence-electron chi connectivity index (χ4n) is 0.888. The number of hydrogen-bond donors (Lipinski definition) is 1. The number of carboxylic acid groups (broad SMARTS) is 1. The summed E-state index contributed by atoms with van der Waals surface area (Å²) in [5.74, 6) is -2.02. The van der Waals surface area contributed by atoms with Crippen LogP contribution in [0.5, 0.6) is 0 Å². The van der Waals surface area contributed by atoms with Crippen molar-refractivity contribution in [2.75, 3.05) is 0 Å². The summed E-state index contributed by atoms with van der Waals surface area (Å²) in [5, 5.41) is 8.68. The van der Waals surface area contributed by atoms with Crippen LogP contribution in [0.2, 0.25) is 0 Å². The Kier molecular flexibility index (Phi) is 2.83. The lowest BCUT2D eigenvalue weighted by Gasteiger charge is -1.97. The van der Waals surface area contributed by atoms with Crippen LogP contribution in [0, 0.1) is 0 Å². The molecule has 70 valence electrons. The minimum absolute atomic E-state index is 0.225. The molecule has 0 spiro atoms.